The van der Waals surface area contributed by atoms with Crippen LogP contribution in [0.5, 0.6) is 0 Å². The first kappa shape index (κ1) is 49.5. The van der Waals surface area contributed by atoms with Crippen molar-refractivity contribution < 1.29 is 92.4 Å². The standard InChI is InChI=1S/C24BF20.C18H14Br2N/c26-5-1(6(27)14(35)21(42)13(5)34)25(2-7(28)15(36)22(43)16(37)8(2)29,3-9(30)17(38)23(44)18(39)10(3)31)4-11(32)19(40)24(45)20(41)12(4)33;19-18(20)12-16-11-10-15-8-4-5-9-17(15)21(16)13-14-6-2-1-3-7-14/h;1-12H,13H2/q-1;+1. The number of para-hydroxylation sites is 1. The van der Waals surface area contributed by atoms with E-state index in [-0.39, 0.29) is 0 Å². The van der Waals surface area contributed by atoms with Gasteiger partial charge in [-0.1, -0.05) is 42.5 Å². The van der Waals surface area contributed by atoms with E-state index in [0.29, 0.717) is 0 Å². The molecule has 0 radical (unpaired) electrons. The molecule has 0 aliphatic rings. The normalized spacial score (nSPS) is 11.5. The molecule has 0 amide bonds. The maximum atomic E-state index is 15.4. The Labute approximate surface area is 372 Å². The molecule has 0 unspecified atom stereocenters. The second kappa shape index (κ2) is 18.8. The van der Waals surface area contributed by atoms with Crippen molar-refractivity contribution in [1.82, 2.24) is 0 Å². The lowest BCUT2D eigenvalue weighted by Gasteiger charge is -2.44. The van der Waals surface area contributed by atoms with Gasteiger partial charge in [0.05, 0.1) is 3.39 Å². The summed E-state index contributed by atoms with van der Waals surface area (Å²) in [4.78, 5) is 0. The molecule has 0 saturated carbocycles. The summed E-state index contributed by atoms with van der Waals surface area (Å²) in [7, 11) is 0. The van der Waals surface area contributed by atoms with Gasteiger partial charge in [0, 0.05) is 29.2 Å². The summed E-state index contributed by atoms with van der Waals surface area (Å²) in [6.45, 7) is 0.849. The minimum atomic E-state index is -7.22. The number of fused-ring (bicyclic) bond motifs is 1. The van der Waals surface area contributed by atoms with Gasteiger partial charge in [-0.05, 0) is 44.0 Å². The van der Waals surface area contributed by atoms with Gasteiger partial charge in [0.15, 0.2) is 76.4 Å². The third-order valence-corrected chi connectivity index (χ3v) is 10.6. The number of halogens is 22. The van der Waals surface area contributed by atoms with Gasteiger partial charge in [0.25, 0.3) is 0 Å². The summed E-state index contributed by atoms with van der Waals surface area (Å²) in [5.74, 6) is -71.4. The van der Waals surface area contributed by atoms with Crippen LogP contribution >= 0.6 is 31.9 Å². The van der Waals surface area contributed by atoms with Gasteiger partial charge >= 0.3 is 0 Å². The minimum absolute atomic E-state index is 0.849. The van der Waals surface area contributed by atoms with Crippen LogP contribution in [0.2, 0.25) is 0 Å². The summed E-state index contributed by atoms with van der Waals surface area (Å²) >= 11 is 6.92. The molecule has 0 spiro atoms. The van der Waals surface area contributed by atoms with Gasteiger partial charge in [0.2, 0.25) is 11.2 Å². The lowest BCUT2D eigenvalue weighted by Crippen LogP contribution is -2.81. The van der Waals surface area contributed by atoms with Crippen LogP contribution in [-0.4, -0.2) is 6.15 Å². The molecule has 1 heterocycles. The van der Waals surface area contributed by atoms with Crippen LogP contribution in [0.1, 0.15) is 11.3 Å². The molecule has 0 fully saturated rings. The Bertz CT molecular complexity index is 2760. The van der Waals surface area contributed by atoms with Crippen molar-refractivity contribution in [3.05, 3.63) is 198 Å². The third kappa shape index (κ3) is 7.98. The quantitative estimate of drug-likeness (QED) is 0.0492. The molecule has 66 heavy (non-hydrogen) atoms. The fraction of sp³-hybridized carbons (Fsp3) is 0.0238. The Hall–Kier alpha value is -5.91. The predicted molar refractivity (Wildman–Crippen MR) is 205 cm³/mol. The van der Waals surface area contributed by atoms with Crippen LogP contribution in [0, 0.1) is 116 Å². The lowest BCUT2D eigenvalue weighted by atomic mass is 9.12. The van der Waals surface area contributed by atoms with Crippen molar-refractivity contribution in [2.45, 2.75) is 6.54 Å². The average molecular weight is 1080 g/mol. The third-order valence-electron chi connectivity index (χ3n) is 10.1. The molecule has 7 rings (SSSR count). The summed E-state index contributed by atoms with van der Waals surface area (Å²) < 4.78 is 297. The molecule has 0 bridgehead atoms. The number of benzene rings is 6. The van der Waals surface area contributed by atoms with Crippen molar-refractivity contribution in [2.75, 3.05) is 0 Å². The van der Waals surface area contributed by atoms with Crippen molar-refractivity contribution in [1.29, 1.82) is 0 Å². The summed E-state index contributed by atoms with van der Waals surface area (Å²) in [6, 6.07) is 23.3. The van der Waals surface area contributed by atoms with Gasteiger partial charge in [-0.25, -0.2) is 87.8 Å². The van der Waals surface area contributed by atoms with E-state index >= 15 is 35.1 Å². The highest BCUT2D eigenvalue weighted by atomic mass is 79.9. The van der Waals surface area contributed by atoms with Crippen LogP contribution in [0.15, 0.2) is 70.1 Å². The smallest absolute Gasteiger partial charge is 0.207 e. The first-order valence-corrected chi connectivity index (χ1v) is 19.2. The zero-order chi connectivity index (χ0) is 49.0. The molecule has 0 N–H and O–H groups in total. The van der Waals surface area contributed by atoms with Crippen molar-refractivity contribution >= 4 is 76.8 Å². The summed E-state index contributed by atoms with van der Waals surface area (Å²) in [5.41, 5.74) is -10.7. The topological polar surface area (TPSA) is 3.88 Å². The van der Waals surface area contributed by atoms with E-state index in [1.54, 1.807) is 0 Å². The molecule has 0 aliphatic heterocycles. The first-order valence-electron chi connectivity index (χ1n) is 17.7. The molecular formula is C42H14BBr2F20N. The highest BCUT2D eigenvalue weighted by Crippen LogP contribution is 2.31. The Kier molecular flexibility index (Phi) is 14.1. The van der Waals surface area contributed by atoms with Crippen molar-refractivity contribution in [3.63, 3.8) is 0 Å². The number of pyridine rings is 1. The summed E-state index contributed by atoms with van der Waals surface area (Å²) in [6.07, 6.45) is -5.14. The van der Waals surface area contributed by atoms with Crippen LogP contribution in [0.3, 0.4) is 0 Å². The van der Waals surface area contributed by atoms with E-state index in [1.807, 2.05) is 6.07 Å². The number of rotatable bonds is 7. The van der Waals surface area contributed by atoms with E-state index in [0.717, 1.165) is 15.6 Å². The van der Waals surface area contributed by atoms with E-state index in [1.165, 1.54) is 16.5 Å². The number of hydrogen-bond donors (Lipinski definition) is 0. The Morgan fingerprint density at radius 2 is 0.652 bits per heavy atom. The average Bonchev–Trinajstić information content (AvgIpc) is 3.30. The van der Waals surface area contributed by atoms with Crippen LogP contribution < -0.4 is 26.4 Å². The molecule has 0 saturated heterocycles. The van der Waals surface area contributed by atoms with Crippen LogP contribution in [0.4, 0.5) is 87.8 Å². The minimum Gasteiger partial charge on any atom is -0.207 e. The second-order valence-corrected chi connectivity index (χ2v) is 16.4. The fourth-order valence-electron chi connectivity index (χ4n) is 7.33. The van der Waals surface area contributed by atoms with E-state index in [4.69, 9.17) is 0 Å². The summed E-state index contributed by atoms with van der Waals surface area (Å²) in [5, 5.41) is 1.25. The zero-order valence-corrected chi connectivity index (χ0v) is 34.6. The van der Waals surface area contributed by atoms with Crippen LogP contribution in [-0.2, 0) is 6.54 Å². The largest absolute Gasteiger partial charge is 0.213 e. The first-order chi connectivity index (χ1) is 30.9. The van der Waals surface area contributed by atoms with Crippen molar-refractivity contribution in [3.8, 4) is 0 Å². The Morgan fingerprint density at radius 3 is 0.970 bits per heavy atom. The molecular weight excluding hydrogens is 1070 g/mol. The molecule has 7 aromatic rings. The Morgan fingerprint density at radius 1 is 0.364 bits per heavy atom. The van der Waals surface area contributed by atoms with Gasteiger partial charge < -0.3 is 0 Å². The van der Waals surface area contributed by atoms with E-state index in [2.05, 4.69) is 103 Å². The van der Waals surface area contributed by atoms with Crippen LogP contribution in [0.25, 0.3) is 17.0 Å². The molecule has 1 nitrogen and oxygen atoms in total. The number of nitrogens with zero attached hydrogens (tertiary/aromatic N) is 1. The number of aromatic nitrogens is 1. The van der Waals surface area contributed by atoms with Gasteiger partial charge in [-0.2, -0.15) is 4.57 Å². The monoisotopic (exact) mass is 1080 g/mol. The van der Waals surface area contributed by atoms with Gasteiger partial charge in [-0.3, -0.25) is 0 Å². The van der Waals surface area contributed by atoms with Crippen molar-refractivity contribution in [2.24, 2.45) is 0 Å². The lowest BCUT2D eigenvalue weighted by molar-refractivity contribution is -0.664. The maximum absolute atomic E-state index is 15.4. The van der Waals surface area contributed by atoms with Gasteiger partial charge in [-0.15, -0.1) is 21.9 Å². The molecule has 0 aliphatic carbocycles. The molecule has 6 aromatic carbocycles. The SMILES string of the molecule is BrC(Br)=Cc1ccc2ccccc2[n+]1Cc1ccccc1.Fc1c(F)c(F)c([B-](c2c(F)c(F)c(F)c(F)c2F)(c2c(F)c(F)c(F)c(F)c2F)c2c(F)c(F)c(F)c(F)c2F)c(F)c1F. The number of hydrogen-bond acceptors (Lipinski definition) is 0. The molecule has 0 atom stereocenters. The fourth-order valence-corrected chi connectivity index (χ4v) is 7.80. The molecule has 24 heteroatoms. The van der Waals surface area contributed by atoms with E-state index in [9.17, 15) is 52.7 Å². The zero-order valence-electron chi connectivity index (χ0n) is 31.5. The van der Waals surface area contributed by atoms with Gasteiger partial charge in [0.1, 0.15) is 52.7 Å². The highest BCUT2D eigenvalue weighted by molar-refractivity contribution is 9.28. The second-order valence-electron chi connectivity index (χ2n) is 13.6. The van der Waals surface area contributed by atoms with E-state index < -0.39 is 144 Å². The molecule has 1 aromatic heterocycles. The highest BCUT2D eigenvalue weighted by Gasteiger charge is 2.52. The Balaban J connectivity index is 0.000000284. The molecule has 344 valence electrons. The predicted octanol–water partition coefficient (Wildman–Crippen LogP) is 11.1. The maximum Gasteiger partial charge on any atom is 0.213 e.